The van der Waals surface area contributed by atoms with E-state index in [0.29, 0.717) is 26.3 Å². The smallest absolute Gasteiger partial charge is 0.410 e. The van der Waals surface area contributed by atoms with E-state index < -0.39 is 5.60 Å². The van der Waals surface area contributed by atoms with Gasteiger partial charge < -0.3 is 19.1 Å². The highest BCUT2D eigenvalue weighted by atomic mass is 16.6. The molecule has 2 aliphatic rings. The summed E-state index contributed by atoms with van der Waals surface area (Å²) in [5, 5.41) is 4.56. The molecule has 0 N–H and O–H groups in total. The number of likely N-dealkylation sites (tertiary alicyclic amines) is 1. The molecule has 1 spiro atoms. The lowest BCUT2D eigenvalue weighted by Crippen LogP contribution is -2.51. The van der Waals surface area contributed by atoms with Crippen molar-refractivity contribution in [1.82, 2.24) is 14.7 Å². The first kappa shape index (κ1) is 18.2. The minimum absolute atomic E-state index is 0.100. The maximum Gasteiger partial charge on any atom is 0.410 e. The molecule has 1 unspecified atom stereocenters. The average Bonchev–Trinajstić information content (AvgIpc) is 2.93. The number of aromatic nitrogens is 2. The van der Waals surface area contributed by atoms with Crippen LogP contribution in [0, 0.1) is 6.92 Å². The van der Waals surface area contributed by atoms with Gasteiger partial charge in [-0.25, -0.2) is 4.79 Å². The number of methoxy groups -OCH3 is 1. The van der Waals surface area contributed by atoms with Crippen LogP contribution in [-0.4, -0.2) is 59.8 Å². The zero-order chi connectivity index (χ0) is 18.2. The van der Waals surface area contributed by atoms with Crippen LogP contribution in [-0.2, 0) is 19.8 Å². The van der Waals surface area contributed by atoms with Crippen LogP contribution in [0.25, 0.3) is 0 Å². The maximum atomic E-state index is 12.3. The molecule has 140 valence electrons. The van der Waals surface area contributed by atoms with E-state index in [4.69, 9.17) is 14.2 Å². The summed E-state index contributed by atoms with van der Waals surface area (Å²) >= 11 is 0. The van der Waals surface area contributed by atoms with Gasteiger partial charge >= 0.3 is 6.09 Å². The van der Waals surface area contributed by atoms with E-state index in [1.54, 1.807) is 12.0 Å². The summed E-state index contributed by atoms with van der Waals surface area (Å²) in [4.78, 5) is 14.1. The molecule has 1 aromatic rings. The van der Waals surface area contributed by atoms with E-state index in [0.717, 1.165) is 24.1 Å². The molecule has 25 heavy (non-hydrogen) atoms. The Balaban J connectivity index is 1.75. The summed E-state index contributed by atoms with van der Waals surface area (Å²) < 4.78 is 19.2. The number of nitrogens with zero attached hydrogens (tertiary/aromatic N) is 3. The standard InChI is InChI=1S/C18H29N3O4/c1-13-10-19-21-14(11-23-5)12-24-18(15(13)21)6-8-20(9-7-18)16(22)25-17(2,3)4/h10,14H,6-9,11-12H2,1-5H3. The van der Waals surface area contributed by atoms with Gasteiger partial charge in [0.25, 0.3) is 0 Å². The normalized spacial score (nSPS) is 22.8. The average molecular weight is 351 g/mol. The molecule has 7 heteroatoms. The Kier molecular flexibility index (Phi) is 4.81. The monoisotopic (exact) mass is 351 g/mol. The van der Waals surface area contributed by atoms with E-state index in [9.17, 15) is 4.79 Å². The summed E-state index contributed by atoms with van der Waals surface area (Å²) in [7, 11) is 1.69. The van der Waals surface area contributed by atoms with Crippen LogP contribution < -0.4 is 0 Å². The summed E-state index contributed by atoms with van der Waals surface area (Å²) in [6, 6.07) is 0.100. The first-order valence-corrected chi connectivity index (χ1v) is 8.91. The van der Waals surface area contributed by atoms with Gasteiger partial charge in [-0.2, -0.15) is 5.10 Å². The van der Waals surface area contributed by atoms with Crippen molar-refractivity contribution in [2.24, 2.45) is 0 Å². The van der Waals surface area contributed by atoms with Crippen molar-refractivity contribution in [2.75, 3.05) is 33.4 Å². The van der Waals surface area contributed by atoms with Crippen molar-refractivity contribution < 1.29 is 19.0 Å². The number of carbonyl (C=O) groups excluding carboxylic acids is 1. The van der Waals surface area contributed by atoms with Crippen molar-refractivity contribution in [3.05, 3.63) is 17.5 Å². The number of aryl methyl sites for hydroxylation is 1. The number of carbonyl (C=O) groups is 1. The fourth-order valence-corrected chi connectivity index (χ4v) is 3.76. The minimum atomic E-state index is -0.476. The Morgan fingerprint density at radius 1 is 1.40 bits per heavy atom. The van der Waals surface area contributed by atoms with Crippen LogP contribution >= 0.6 is 0 Å². The molecule has 1 amide bonds. The van der Waals surface area contributed by atoms with Gasteiger partial charge in [-0.15, -0.1) is 0 Å². The van der Waals surface area contributed by atoms with Gasteiger partial charge in [0.15, 0.2) is 0 Å². The lowest BCUT2D eigenvalue weighted by atomic mass is 9.84. The molecule has 2 aliphatic heterocycles. The van der Waals surface area contributed by atoms with Gasteiger partial charge in [0.1, 0.15) is 11.2 Å². The second-order valence-electron chi connectivity index (χ2n) is 8.00. The largest absolute Gasteiger partial charge is 0.444 e. The lowest BCUT2D eigenvalue weighted by molar-refractivity contribution is -0.131. The third-order valence-electron chi connectivity index (χ3n) is 4.89. The summed E-state index contributed by atoms with van der Waals surface area (Å²) in [5.74, 6) is 0. The predicted octanol–water partition coefficient (Wildman–Crippen LogP) is 2.64. The lowest BCUT2D eigenvalue weighted by Gasteiger charge is -2.46. The van der Waals surface area contributed by atoms with Gasteiger partial charge in [0.2, 0.25) is 0 Å². The van der Waals surface area contributed by atoms with E-state index in [1.807, 2.05) is 27.0 Å². The van der Waals surface area contributed by atoms with Gasteiger partial charge in [0, 0.05) is 20.2 Å². The first-order valence-electron chi connectivity index (χ1n) is 8.91. The first-order chi connectivity index (χ1) is 11.8. The summed E-state index contributed by atoms with van der Waals surface area (Å²) in [6.45, 7) is 10.1. The van der Waals surface area contributed by atoms with Crippen molar-refractivity contribution in [2.45, 2.75) is 57.8 Å². The van der Waals surface area contributed by atoms with E-state index in [1.165, 1.54) is 0 Å². The molecule has 0 aromatic carbocycles. The molecule has 3 rings (SSSR count). The van der Waals surface area contributed by atoms with Crippen molar-refractivity contribution in [3.63, 3.8) is 0 Å². The second kappa shape index (κ2) is 6.61. The Hall–Kier alpha value is -1.60. The zero-order valence-corrected chi connectivity index (χ0v) is 15.9. The molecule has 3 heterocycles. The Bertz CT molecular complexity index is 627. The molecule has 0 radical (unpaired) electrons. The molecule has 0 bridgehead atoms. The van der Waals surface area contributed by atoms with Crippen LogP contribution in [0.4, 0.5) is 4.79 Å². The van der Waals surface area contributed by atoms with E-state index in [2.05, 4.69) is 16.7 Å². The van der Waals surface area contributed by atoms with Crippen LogP contribution in [0.5, 0.6) is 0 Å². The quantitative estimate of drug-likeness (QED) is 0.819. The van der Waals surface area contributed by atoms with Crippen molar-refractivity contribution in [1.29, 1.82) is 0 Å². The fraction of sp³-hybridized carbons (Fsp3) is 0.778. The predicted molar refractivity (Wildman–Crippen MR) is 92.5 cm³/mol. The highest BCUT2D eigenvalue weighted by molar-refractivity contribution is 5.68. The Morgan fingerprint density at radius 2 is 2.08 bits per heavy atom. The third-order valence-corrected chi connectivity index (χ3v) is 4.89. The Morgan fingerprint density at radius 3 is 2.68 bits per heavy atom. The molecular weight excluding hydrogens is 322 g/mol. The van der Waals surface area contributed by atoms with Crippen LogP contribution in [0.1, 0.15) is 50.9 Å². The maximum absolute atomic E-state index is 12.3. The SMILES string of the molecule is COCC1COC2(CCN(C(=O)OC(C)(C)C)CC2)c2c(C)cnn21. The summed E-state index contributed by atoms with van der Waals surface area (Å²) in [6.07, 6.45) is 3.15. The van der Waals surface area contributed by atoms with Crippen LogP contribution in [0.2, 0.25) is 0 Å². The van der Waals surface area contributed by atoms with E-state index in [-0.39, 0.29) is 17.7 Å². The molecule has 1 fully saturated rings. The minimum Gasteiger partial charge on any atom is -0.444 e. The van der Waals surface area contributed by atoms with Crippen LogP contribution in [0.15, 0.2) is 6.20 Å². The molecule has 7 nitrogen and oxygen atoms in total. The van der Waals surface area contributed by atoms with Gasteiger partial charge in [-0.05, 0) is 46.1 Å². The molecule has 0 aliphatic carbocycles. The highest BCUT2D eigenvalue weighted by Crippen LogP contribution is 2.43. The van der Waals surface area contributed by atoms with Crippen molar-refractivity contribution in [3.8, 4) is 0 Å². The zero-order valence-electron chi connectivity index (χ0n) is 15.9. The molecule has 1 aromatic heterocycles. The second-order valence-corrected chi connectivity index (χ2v) is 8.00. The number of piperidine rings is 1. The molecule has 1 atom stereocenters. The topological polar surface area (TPSA) is 65.8 Å². The fourth-order valence-electron chi connectivity index (χ4n) is 3.76. The number of fused-ring (bicyclic) bond motifs is 2. The number of ether oxygens (including phenoxy) is 3. The van der Waals surface area contributed by atoms with E-state index >= 15 is 0 Å². The molecule has 1 saturated heterocycles. The van der Waals surface area contributed by atoms with Crippen molar-refractivity contribution >= 4 is 6.09 Å². The number of amides is 1. The van der Waals surface area contributed by atoms with Gasteiger partial charge in [-0.3, -0.25) is 4.68 Å². The number of hydrogen-bond acceptors (Lipinski definition) is 5. The highest BCUT2D eigenvalue weighted by Gasteiger charge is 2.46. The van der Waals surface area contributed by atoms with Gasteiger partial charge in [0.05, 0.1) is 31.1 Å². The third kappa shape index (κ3) is 3.53. The van der Waals surface area contributed by atoms with Gasteiger partial charge in [-0.1, -0.05) is 0 Å². The van der Waals surface area contributed by atoms with Crippen LogP contribution in [0.3, 0.4) is 0 Å². The number of rotatable bonds is 2. The number of hydrogen-bond donors (Lipinski definition) is 0. The summed E-state index contributed by atoms with van der Waals surface area (Å²) in [5.41, 5.74) is 1.41. The molecule has 0 saturated carbocycles. The Labute approximate surface area is 149 Å². The molecular formula is C18H29N3O4.